The predicted molar refractivity (Wildman–Crippen MR) is 55.7 cm³/mol. The van der Waals surface area contributed by atoms with Gasteiger partial charge in [-0.1, -0.05) is 0 Å². The first kappa shape index (κ1) is 11.4. The van der Waals surface area contributed by atoms with Crippen LogP contribution in [0, 0.1) is 10.1 Å². The molecule has 1 atom stereocenters. The highest BCUT2D eigenvalue weighted by Crippen LogP contribution is 2.22. The van der Waals surface area contributed by atoms with E-state index in [0.717, 1.165) is 0 Å². The topological polar surface area (TPSA) is 88.3 Å². The third kappa shape index (κ3) is 3.17. The smallest absolute Gasteiger partial charge is 0.310 e. The fourth-order valence-electron chi connectivity index (χ4n) is 1.18. The second kappa shape index (κ2) is 5.26. The van der Waals surface area contributed by atoms with E-state index in [-0.39, 0.29) is 18.3 Å². The van der Waals surface area contributed by atoms with Crippen LogP contribution in [0.5, 0.6) is 0 Å². The van der Waals surface area contributed by atoms with Gasteiger partial charge in [0.05, 0.1) is 4.92 Å². The second-order valence-electron chi connectivity index (χ2n) is 3.21. The van der Waals surface area contributed by atoms with Gasteiger partial charge in [-0.2, -0.15) is 0 Å². The van der Waals surface area contributed by atoms with Crippen LogP contribution in [-0.4, -0.2) is 27.7 Å². The molecule has 15 heavy (non-hydrogen) atoms. The van der Waals surface area contributed by atoms with Crippen LogP contribution in [0.3, 0.4) is 0 Å². The largest absolute Gasteiger partial charge is 0.396 e. The summed E-state index contributed by atoms with van der Waals surface area (Å²) in [6, 6.07) is 1.53. The Morgan fingerprint density at radius 3 is 3.07 bits per heavy atom. The first-order valence-electron chi connectivity index (χ1n) is 4.61. The van der Waals surface area contributed by atoms with Crippen molar-refractivity contribution in [2.24, 2.45) is 0 Å². The molecule has 0 aliphatic carbocycles. The van der Waals surface area contributed by atoms with Crippen molar-refractivity contribution in [1.82, 2.24) is 4.98 Å². The van der Waals surface area contributed by atoms with Gasteiger partial charge in [0, 0.05) is 18.8 Å². The fourth-order valence-corrected chi connectivity index (χ4v) is 1.18. The lowest BCUT2D eigenvalue weighted by Gasteiger charge is -2.13. The molecule has 0 aliphatic rings. The Morgan fingerprint density at radius 1 is 1.73 bits per heavy atom. The summed E-state index contributed by atoms with van der Waals surface area (Å²) >= 11 is 0. The molecule has 0 amide bonds. The first-order valence-corrected chi connectivity index (χ1v) is 4.61. The van der Waals surface area contributed by atoms with E-state index in [1.54, 1.807) is 6.07 Å². The summed E-state index contributed by atoms with van der Waals surface area (Å²) in [5.74, 6) is 0. The quantitative estimate of drug-likeness (QED) is 0.563. The second-order valence-corrected chi connectivity index (χ2v) is 3.21. The highest BCUT2D eigenvalue weighted by molar-refractivity contribution is 5.59. The Labute approximate surface area is 87.1 Å². The average Bonchev–Trinajstić information content (AvgIpc) is 2.18. The normalized spacial score (nSPS) is 12.1. The molecule has 1 heterocycles. The number of nitrogens with zero attached hydrogens (tertiary/aromatic N) is 2. The lowest BCUT2D eigenvalue weighted by molar-refractivity contribution is -0.384. The Morgan fingerprint density at radius 2 is 2.47 bits per heavy atom. The lowest BCUT2D eigenvalue weighted by Crippen LogP contribution is -2.17. The summed E-state index contributed by atoms with van der Waals surface area (Å²) in [5.41, 5.74) is 0.373. The molecule has 6 nitrogen and oxygen atoms in total. The number of anilines is 1. The number of aliphatic hydroxyl groups is 1. The zero-order chi connectivity index (χ0) is 11.3. The minimum Gasteiger partial charge on any atom is -0.396 e. The molecule has 0 aliphatic heterocycles. The summed E-state index contributed by atoms with van der Waals surface area (Å²) in [6.45, 7) is 1.90. The highest BCUT2D eigenvalue weighted by atomic mass is 16.6. The first-order chi connectivity index (χ1) is 7.15. The van der Waals surface area contributed by atoms with Crippen LogP contribution in [0.1, 0.15) is 13.3 Å². The van der Waals surface area contributed by atoms with Gasteiger partial charge in [0.15, 0.2) is 0 Å². The maximum atomic E-state index is 10.6. The van der Waals surface area contributed by atoms with E-state index in [9.17, 15) is 10.1 Å². The van der Waals surface area contributed by atoms with Crippen LogP contribution in [0.15, 0.2) is 18.5 Å². The van der Waals surface area contributed by atoms with Crippen molar-refractivity contribution >= 4 is 11.4 Å². The number of aliphatic hydroxyl groups excluding tert-OH is 1. The molecule has 0 radical (unpaired) electrons. The van der Waals surface area contributed by atoms with E-state index in [0.29, 0.717) is 12.1 Å². The molecule has 1 unspecified atom stereocenters. The summed E-state index contributed by atoms with van der Waals surface area (Å²) in [6.07, 6.45) is 3.23. The van der Waals surface area contributed by atoms with Crippen LogP contribution in [0.2, 0.25) is 0 Å². The third-order valence-electron chi connectivity index (χ3n) is 1.96. The number of hydrogen-bond acceptors (Lipinski definition) is 5. The van der Waals surface area contributed by atoms with Gasteiger partial charge in [-0.3, -0.25) is 15.1 Å². The van der Waals surface area contributed by atoms with Crippen LogP contribution in [-0.2, 0) is 0 Å². The van der Waals surface area contributed by atoms with Crippen molar-refractivity contribution in [3.63, 3.8) is 0 Å². The number of nitro groups is 1. The van der Waals surface area contributed by atoms with Crippen LogP contribution in [0.25, 0.3) is 0 Å². The van der Waals surface area contributed by atoms with Gasteiger partial charge in [0.25, 0.3) is 0 Å². The maximum absolute atomic E-state index is 10.6. The van der Waals surface area contributed by atoms with Gasteiger partial charge < -0.3 is 10.4 Å². The van der Waals surface area contributed by atoms with Crippen molar-refractivity contribution in [3.05, 3.63) is 28.6 Å². The number of rotatable bonds is 5. The molecule has 0 bridgehead atoms. The molecule has 2 N–H and O–H groups in total. The molecule has 0 saturated heterocycles. The minimum absolute atomic E-state index is 0.0175. The maximum Gasteiger partial charge on any atom is 0.310 e. The molecule has 1 aromatic heterocycles. The van der Waals surface area contributed by atoms with Crippen LogP contribution >= 0.6 is 0 Å². The molecule has 0 spiro atoms. The van der Waals surface area contributed by atoms with Crippen LogP contribution in [0.4, 0.5) is 11.4 Å². The average molecular weight is 211 g/mol. The summed E-state index contributed by atoms with van der Waals surface area (Å²) < 4.78 is 0. The molecule has 1 aromatic rings. The molecule has 1 rings (SSSR count). The Bertz CT molecular complexity index is 343. The Hall–Kier alpha value is -1.69. The number of hydrogen-bond donors (Lipinski definition) is 2. The lowest BCUT2D eigenvalue weighted by atomic mass is 10.2. The molecule has 0 fully saturated rings. The number of pyridine rings is 1. The molecule has 6 heteroatoms. The van der Waals surface area contributed by atoms with Gasteiger partial charge in [0.2, 0.25) is 0 Å². The number of aromatic nitrogens is 1. The van der Waals surface area contributed by atoms with E-state index in [4.69, 9.17) is 5.11 Å². The Balaban J connectivity index is 2.79. The zero-order valence-corrected chi connectivity index (χ0v) is 8.38. The monoisotopic (exact) mass is 211 g/mol. The summed E-state index contributed by atoms with van der Waals surface area (Å²) in [7, 11) is 0. The number of nitrogens with one attached hydrogen (secondary N) is 1. The summed E-state index contributed by atoms with van der Waals surface area (Å²) in [4.78, 5) is 13.8. The highest BCUT2D eigenvalue weighted by Gasteiger charge is 2.14. The minimum atomic E-state index is -0.485. The van der Waals surface area contributed by atoms with E-state index >= 15 is 0 Å². The zero-order valence-electron chi connectivity index (χ0n) is 8.38. The standard InChI is InChI=1S/C9H13N3O3/c1-7(3-5-13)11-8-2-4-10-6-9(8)12(14)15/h2,4,6-7,13H,3,5H2,1H3,(H,10,11). The van der Waals surface area contributed by atoms with Gasteiger partial charge in [-0.15, -0.1) is 0 Å². The van der Waals surface area contributed by atoms with E-state index in [1.165, 1.54) is 12.4 Å². The van der Waals surface area contributed by atoms with Gasteiger partial charge in [-0.25, -0.2) is 0 Å². The predicted octanol–water partition coefficient (Wildman–Crippen LogP) is 1.17. The molecular formula is C9H13N3O3. The van der Waals surface area contributed by atoms with Crippen molar-refractivity contribution in [2.45, 2.75) is 19.4 Å². The van der Waals surface area contributed by atoms with Gasteiger partial charge >= 0.3 is 5.69 Å². The van der Waals surface area contributed by atoms with Crippen molar-refractivity contribution in [3.8, 4) is 0 Å². The van der Waals surface area contributed by atoms with Gasteiger partial charge in [-0.05, 0) is 19.4 Å². The summed E-state index contributed by atoms with van der Waals surface area (Å²) in [5, 5.41) is 22.3. The molecule has 0 saturated carbocycles. The third-order valence-corrected chi connectivity index (χ3v) is 1.96. The van der Waals surface area contributed by atoms with E-state index in [2.05, 4.69) is 10.3 Å². The fraction of sp³-hybridized carbons (Fsp3) is 0.444. The SMILES string of the molecule is CC(CCO)Nc1ccncc1[N+](=O)[O-]. The van der Waals surface area contributed by atoms with E-state index in [1.807, 2.05) is 6.92 Å². The van der Waals surface area contributed by atoms with Gasteiger partial charge in [0.1, 0.15) is 11.9 Å². The van der Waals surface area contributed by atoms with E-state index < -0.39 is 4.92 Å². The van der Waals surface area contributed by atoms with Crippen molar-refractivity contribution in [1.29, 1.82) is 0 Å². The molecule has 82 valence electrons. The molecular weight excluding hydrogens is 198 g/mol. The van der Waals surface area contributed by atoms with Crippen molar-refractivity contribution < 1.29 is 10.0 Å². The Kier molecular flexibility index (Phi) is 3.99. The van der Waals surface area contributed by atoms with Crippen molar-refractivity contribution in [2.75, 3.05) is 11.9 Å². The molecule has 0 aromatic carbocycles. The van der Waals surface area contributed by atoms with Crippen LogP contribution < -0.4 is 5.32 Å².